The summed E-state index contributed by atoms with van der Waals surface area (Å²) in [5.41, 5.74) is 3.21. The summed E-state index contributed by atoms with van der Waals surface area (Å²) in [6, 6.07) is 12.8. The first-order valence-corrected chi connectivity index (χ1v) is 7.41. The first-order valence-electron chi connectivity index (χ1n) is 7.41. The number of esters is 1. The molecule has 0 saturated carbocycles. The molecule has 0 radical (unpaired) electrons. The van der Waals surface area contributed by atoms with Crippen LogP contribution < -0.4 is 10.5 Å². The smallest absolute Gasteiger partial charge is 0.419 e. The number of carbonyl (C=O) groups is 1. The van der Waals surface area contributed by atoms with Crippen molar-refractivity contribution in [3.05, 3.63) is 64.1 Å². The van der Waals surface area contributed by atoms with Crippen LogP contribution in [-0.2, 0) is 11.3 Å². The van der Waals surface area contributed by atoms with Crippen molar-refractivity contribution in [1.29, 1.82) is 0 Å². The third-order valence-electron chi connectivity index (χ3n) is 3.67. The Morgan fingerprint density at radius 2 is 1.96 bits per heavy atom. The zero-order chi connectivity index (χ0) is 16.4. The molecule has 0 aliphatic rings. The second-order valence-corrected chi connectivity index (χ2v) is 5.48. The molecular weight excluding hydrogens is 294 g/mol. The summed E-state index contributed by atoms with van der Waals surface area (Å²) >= 11 is 0. The molecule has 0 spiro atoms. The van der Waals surface area contributed by atoms with Crippen LogP contribution in [0.1, 0.15) is 17.5 Å². The molecule has 0 N–H and O–H groups in total. The van der Waals surface area contributed by atoms with Gasteiger partial charge in [-0.25, -0.2) is 4.79 Å². The first kappa shape index (κ1) is 15.1. The molecule has 0 atom stereocenters. The second kappa shape index (κ2) is 6.12. The quantitative estimate of drug-likeness (QED) is 0.548. The molecule has 0 aliphatic heterocycles. The highest BCUT2D eigenvalue weighted by Crippen LogP contribution is 2.19. The van der Waals surface area contributed by atoms with Gasteiger partial charge in [0, 0.05) is 6.54 Å². The molecule has 0 amide bonds. The van der Waals surface area contributed by atoms with E-state index in [9.17, 15) is 9.59 Å². The number of fused-ring (bicyclic) bond motifs is 1. The van der Waals surface area contributed by atoms with Crippen molar-refractivity contribution in [2.75, 3.05) is 0 Å². The van der Waals surface area contributed by atoms with E-state index >= 15 is 0 Å². The monoisotopic (exact) mass is 311 g/mol. The molecular formula is C18H17NO4. The van der Waals surface area contributed by atoms with Gasteiger partial charge in [-0.3, -0.25) is 9.36 Å². The van der Waals surface area contributed by atoms with Gasteiger partial charge in [0.25, 0.3) is 0 Å². The predicted molar refractivity (Wildman–Crippen MR) is 86.6 cm³/mol. The van der Waals surface area contributed by atoms with E-state index in [0.717, 1.165) is 11.1 Å². The number of nitrogens with zero attached hydrogens (tertiary/aromatic N) is 1. The zero-order valence-electron chi connectivity index (χ0n) is 13.0. The van der Waals surface area contributed by atoms with Gasteiger partial charge >= 0.3 is 11.7 Å². The SMILES string of the molecule is Cc1ccc(OC(=O)CCn2c(=O)oc3ccccc32)c(C)c1. The summed E-state index contributed by atoms with van der Waals surface area (Å²) in [4.78, 5) is 23.9. The third kappa shape index (κ3) is 3.18. The molecule has 118 valence electrons. The lowest BCUT2D eigenvalue weighted by atomic mass is 10.1. The number of ether oxygens (including phenoxy) is 1. The molecule has 5 nitrogen and oxygen atoms in total. The van der Waals surface area contributed by atoms with E-state index in [0.29, 0.717) is 16.8 Å². The molecule has 0 bridgehead atoms. The van der Waals surface area contributed by atoms with Crippen LogP contribution in [0.5, 0.6) is 5.75 Å². The zero-order valence-corrected chi connectivity index (χ0v) is 13.0. The average Bonchev–Trinajstić information content (AvgIpc) is 2.83. The number of aromatic nitrogens is 1. The molecule has 0 fully saturated rings. The molecule has 3 rings (SSSR count). The predicted octanol–water partition coefficient (Wildman–Crippen LogP) is 3.21. The van der Waals surface area contributed by atoms with Crippen LogP contribution >= 0.6 is 0 Å². The Bertz CT molecular complexity index is 920. The van der Waals surface area contributed by atoms with Gasteiger partial charge in [0.1, 0.15) is 5.75 Å². The topological polar surface area (TPSA) is 61.4 Å². The van der Waals surface area contributed by atoms with Gasteiger partial charge in [-0.1, -0.05) is 29.8 Å². The first-order chi connectivity index (χ1) is 11.0. The largest absolute Gasteiger partial charge is 0.426 e. The van der Waals surface area contributed by atoms with Gasteiger partial charge in [0.2, 0.25) is 0 Å². The number of para-hydroxylation sites is 2. The molecule has 1 heterocycles. The van der Waals surface area contributed by atoms with Crippen LogP contribution in [0.2, 0.25) is 0 Å². The number of carbonyl (C=O) groups excluding carboxylic acids is 1. The number of hydrogen-bond donors (Lipinski definition) is 0. The van der Waals surface area contributed by atoms with E-state index in [1.807, 2.05) is 32.0 Å². The van der Waals surface area contributed by atoms with Gasteiger partial charge < -0.3 is 9.15 Å². The normalized spacial score (nSPS) is 10.9. The van der Waals surface area contributed by atoms with Crippen molar-refractivity contribution in [3.8, 4) is 5.75 Å². The van der Waals surface area contributed by atoms with Gasteiger partial charge in [-0.2, -0.15) is 0 Å². The van der Waals surface area contributed by atoms with Crippen LogP contribution in [0.15, 0.2) is 51.7 Å². The molecule has 0 aliphatic carbocycles. The molecule has 5 heteroatoms. The summed E-state index contributed by atoms with van der Waals surface area (Å²) < 4.78 is 11.9. The highest BCUT2D eigenvalue weighted by molar-refractivity contribution is 5.74. The highest BCUT2D eigenvalue weighted by atomic mass is 16.5. The van der Waals surface area contributed by atoms with Crippen LogP contribution in [0, 0.1) is 13.8 Å². The van der Waals surface area contributed by atoms with E-state index in [1.54, 1.807) is 24.3 Å². The maximum absolute atomic E-state index is 12.0. The summed E-state index contributed by atoms with van der Waals surface area (Å²) in [5, 5.41) is 0. The lowest BCUT2D eigenvalue weighted by Crippen LogP contribution is -2.18. The van der Waals surface area contributed by atoms with Crippen LogP contribution in [0.25, 0.3) is 11.1 Å². The van der Waals surface area contributed by atoms with Crippen molar-refractivity contribution in [3.63, 3.8) is 0 Å². The minimum atomic E-state index is -0.467. The summed E-state index contributed by atoms with van der Waals surface area (Å²) in [6.45, 7) is 4.10. The van der Waals surface area contributed by atoms with Gasteiger partial charge in [0.15, 0.2) is 5.58 Å². The van der Waals surface area contributed by atoms with E-state index in [-0.39, 0.29) is 18.9 Å². The Morgan fingerprint density at radius 3 is 2.74 bits per heavy atom. The Hall–Kier alpha value is -2.82. The number of aryl methyl sites for hydroxylation is 3. The Morgan fingerprint density at radius 1 is 1.17 bits per heavy atom. The maximum Gasteiger partial charge on any atom is 0.419 e. The molecule has 3 aromatic rings. The number of benzene rings is 2. The Labute approximate surface area is 133 Å². The van der Waals surface area contributed by atoms with Gasteiger partial charge in [-0.15, -0.1) is 0 Å². The van der Waals surface area contributed by atoms with Crippen molar-refractivity contribution in [2.45, 2.75) is 26.8 Å². The fourth-order valence-corrected chi connectivity index (χ4v) is 2.52. The minimum absolute atomic E-state index is 0.0940. The van der Waals surface area contributed by atoms with Crippen molar-refractivity contribution < 1.29 is 13.9 Å². The Kier molecular flexibility index (Phi) is 4.02. The van der Waals surface area contributed by atoms with E-state index in [2.05, 4.69) is 0 Å². The Balaban J connectivity index is 1.71. The minimum Gasteiger partial charge on any atom is -0.426 e. The maximum atomic E-state index is 12.0. The van der Waals surface area contributed by atoms with Crippen LogP contribution in [-0.4, -0.2) is 10.5 Å². The fraction of sp³-hybridized carbons (Fsp3) is 0.222. The molecule has 1 aromatic heterocycles. The molecule has 0 unspecified atom stereocenters. The van der Waals surface area contributed by atoms with E-state index in [4.69, 9.17) is 9.15 Å². The summed E-state index contributed by atoms with van der Waals surface area (Å²) in [5.74, 6) is -0.301. The van der Waals surface area contributed by atoms with Gasteiger partial charge in [-0.05, 0) is 37.6 Å². The standard InChI is InChI=1S/C18H17NO4/c1-12-7-8-15(13(2)11-12)22-17(20)9-10-19-14-5-3-4-6-16(14)23-18(19)21/h3-8,11H,9-10H2,1-2H3. The van der Waals surface area contributed by atoms with Crippen molar-refractivity contribution in [1.82, 2.24) is 4.57 Å². The molecule has 0 saturated heterocycles. The summed E-state index contributed by atoms with van der Waals surface area (Å²) in [6.07, 6.45) is 0.0940. The fourth-order valence-electron chi connectivity index (χ4n) is 2.52. The van der Waals surface area contributed by atoms with Crippen molar-refractivity contribution in [2.24, 2.45) is 0 Å². The molecule has 2 aromatic carbocycles. The molecule has 23 heavy (non-hydrogen) atoms. The lowest BCUT2D eigenvalue weighted by Gasteiger charge is -2.08. The number of hydrogen-bond acceptors (Lipinski definition) is 4. The van der Waals surface area contributed by atoms with Crippen LogP contribution in [0.3, 0.4) is 0 Å². The van der Waals surface area contributed by atoms with E-state index < -0.39 is 5.76 Å². The van der Waals surface area contributed by atoms with E-state index in [1.165, 1.54) is 4.57 Å². The number of oxazole rings is 1. The van der Waals surface area contributed by atoms with Crippen LogP contribution in [0.4, 0.5) is 0 Å². The number of rotatable bonds is 4. The average molecular weight is 311 g/mol. The lowest BCUT2D eigenvalue weighted by molar-refractivity contribution is -0.134. The third-order valence-corrected chi connectivity index (χ3v) is 3.67. The van der Waals surface area contributed by atoms with Crippen molar-refractivity contribution >= 4 is 17.1 Å². The summed E-state index contributed by atoms with van der Waals surface area (Å²) in [7, 11) is 0. The van der Waals surface area contributed by atoms with Gasteiger partial charge in [0.05, 0.1) is 11.9 Å². The highest BCUT2D eigenvalue weighted by Gasteiger charge is 2.12. The second-order valence-electron chi connectivity index (χ2n) is 5.48.